The van der Waals surface area contributed by atoms with Crippen molar-refractivity contribution in [3.63, 3.8) is 0 Å². The average molecular weight is 219 g/mol. The maximum atomic E-state index is 9.10. The fraction of sp³-hybridized carbons (Fsp3) is 0.333. The molecule has 1 aromatic carbocycles. The van der Waals surface area contributed by atoms with E-state index in [0.717, 1.165) is 5.56 Å². The fourth-order valence-corrected chi connectivity index (χ4v) is 1.45. The van der Waals surface area contributed by atoms with Crippen LogP contribution in [0.5, 0.6) is 0 Å². The highest BCUT2D eigenvalue weighted by Gasteiger charge is 2.25. The SMILES string of the molecule is CC(C)(C)C(=N/N)/C(=N\O)c1ccccc1. The van der Waals surface area contributed by atoms with Gasteiger partial charge in [0.25, 0.3) is 0 Å². The van der Waals surface area contributed by atoms with E-state index in [4.69, 9.17) is 11.0 Å². The van der Waals surface area contributed by atoms with Crippen LogP contribution < -0.4 is 5.84 Å². The van der Waals surface area contributed by atoms with E-state index in [1.165, 1.54) is 0 Å². The van der Waals surface area contributed by atoms with Crippen LogP contribution in [0.15, 0.2) is 40.6 Å². The minimum atomic E-state index is -0.272. The predicted molar refractivity (Wildman–Crippen MR) is 65.8 cm³/mol. The van der Waals surface area contributed by atoms with E-state index in [2.05, 4.69) is 10.3 Å². The lowest BCUT2D eigenvalue weighted by Gasteiger charge is -2.21. The Labute approximate surface area is 95.5 Å². The molecule has 0 amide bonds. The number of oxime groups is 1. The van der Waals surface area contributed by atoms with E-state index < -0.39 is 0 Å². The summed E-state index contributed by atoms with van der Waals surface area (Å²) in [6.45, 7) is 5.90. The molecule has 1 aromatic rings. The van der Waals surface area contributed by atoms with Gasteiger partial charge in [0.05, 0.1) is 5.71 Å². The molecule has 4 heteroatoms. The smallest absolute Gasteiger partial charge is 0.133 e. The third-order valence-corrected chi connectivity index (χ3v) is 2.21. The second kappa shape index (κ2) is 4.79. The minimum absolute atomic E-state index is 0.272. The van der Waals surface area contributed by atoms with Crippen molar-refractivity contribution in [1.29, 1.82) is 0 Å². The first-order valence-electron chi connectivity index (χ1n) is 5.07. The minimum Gasteiger partial charge on any atom is -0.410 e. The van der Waals surface area contributed by atoms with Gasteiger partial charge in [-0.2, -0.15) is 5.10 Å². The zero-order valence-electron chi connectivity index (χ0n) is 9.81. The molecule has 0 bridgehead atoms. The molecule has 0 fully saturated rings. The second-order valence-electron chi connectivity index (χ2n) is 4.54. The highest BCUT2D eigenvalue weighted by molar-refractivity contribution is 6.49. The summed E-state index contributed by atoms with van der Waals surface area (Å²) in [7, 11) is 0. The van der Waals surface area contributed by atoms with E-state index in [9.17, 15) is 0 Å². The molecule has 0 heterocycles. The standard InChI is InChI=1S/C12H17N3O/c1-12(2,3)11(14-13)10(15-16)9-7-5-4-6-8-9/h4-8,16H,13H2,1-3H3/b14-11+,15-10-. The van der Waals surface area contributed by atoms with Crippen LogP contribution in [0.2, 0.25) is 0 Å². The summed E-state index contributed by atoms with van der Waals surface area (Å²) < 4.78 is 0. The molecule has 0 unspecified atom stereocenters. The Morgan fingerprint density at radius 2 is 1.75 bits per heavy atom. The molecule has 1 rings (SSSR count). The first-order chi connectivity index (χ1) is 7.50. The maximum Gasteiger partial charge on any atom is 0.133 e. The first-order valence-corrected chi connectivity index (χ1v) is 5.07. The molecule has 0 saturated carbocycles. The van der Waals surface area contributed by atoms with Crippen LogP contribution in [0, 0.1) is 5.41 Å². The zero-order valence-corrected chi connectivity index (χ0v) is 9.81. The Balaban J connectivity index is 3.20. The van der Waals surface area contributed by atoms with Gasteiger partial charge in [-0.1, -0.05) is 56.3 Å². The Kier molecular flexibility index (Phi) is 3.66. The lowest BCUT2D eigenvalue weighted by Crippen LogP contribution is -2.31. The molecule has 86 valence electrons. The monoisotopic (exact) mass is 219 g/mol. The largest absolute Gasteiger partial charge is 0.410 e. The van der Waals surface area contributed by atoms with E-state index in [1.54, 1.807) is 0 Å². The van der Waals surface area contributed by atoms with Crippen molar-refractivity contribution in [3.05, 3.63) is 35.9 Å². The highest BCUT2D eigenvalue weighted by atomic mass is 16.4. The molecule has 0 atom stereocenters. The van der Waals surface area contributed by atoms with Gasteiger partial charge in [0.1, 0.15) is 5.71 Å². The normalized spacial score (nSPS) is 13.9. The second-order valence-corrected chi connectivity index (χ2v) is 4.54. The topological polar surface area (TPSA) is 71.0 Å². The van der Waals surface area contributed by atoms with Crippen molar-refractivity contribution in [1.82, 2.24) is 0 Å². The number of nitrogens with zero attached hydrogens (tertiary/aromatic N) is 2. The number of rotatable bonds is 2. The number of hydrazone groups is 1. The van der Waals surface area contributed by atoms with Crippen molar-refractivity contribution in [2.45, 2.75) is 20.8 Å². The summed E-state index contributed by atoms with van der Waals surface area (Å²) in [5, 5.41) is 16.1. The van der Waals surface area contributed by atoms with E-state index >= 15 is 0 Å². The Morgan fingerprint density at radius 3 is 2.12 bits per heavy atom. The number of nitrogens with two attached hydrogens (primary N) is 1. The molecular weight excluding hydrogens is 202 g/mol. The van der Waals surface area contributed by atoms with E-state index in [-0.39, 0.29) is 5.41 Å². The average Bonchev–Trinajstić information content (AvgIpc) is 2.25. The molecule has 3 N–H and O–H groups in total. The molecule has 0 aliphatic heterocycles. The lowest BCUT2D eigenvalue weighted by atomic mass is 9.85. The van der Waals surface area contributed by atoms with Gasteiger partial charge in [-0.3, -0.25) is 0 Å². The summed E-state index contributed by atoms with van der Waals surface area (Å²) in [5.41, 5.74) is 1.51. The molecule has 4 nitrogen and oxygen atoms in total. The van der Waals surface area contributed by atoms with Crippen LogP contribution in [-0.2, 0) is 0 Å². The third kappa shape index (κ3) is 2.59. The van der Waals surface area contributed by atoms with Crippen LogP contribution in [-0.4, -0.2) is 16.6 Å². The van der Waals surface area contributed by atoms with Crippen LogP contribution in [0.1, 0.15) is 26.3 Å². The summed E-state index contributed by atoms with van der Waals surface area (Å²) in [6, 6.07) is 9.35. The van der Waals surface area contributed by atoms with Crippen LogP contribution in [0.25, 0.3) is 0 Å². The summed E-state index contributed by atoms with van der Waals surface area (Å²) >= 11 is 0. The van der Waals surface area contributed by atoms with Gasteiger partial charge in [-0.15, -0.1) is 0 Å². The van der Waals surface area contributed by atoms with Crippen molar-refractivity contribution < 1.29 is 5.21 Å². The van der Waals surface area contributed by atoms with Crippen LogP contribution >= 0.6 is 0 Å². The van der Waals surface area contributed by atoms with E-state index in [0.29, 0.717) is 11.4 Å². The molecule has 16 heavy (non-hydrogen) atoms. The highest BCUT2D eigenvalue weighted by Crippen LogP contribution is 2.19. The van der Waals surface area contributed by atoms with Gasteiger partial charge in [0.15, 0.2) is 0 Å². The van der Waals surface area contributed by atoms with Gasteiger partial charge < -0.3 is 11.0 Å². The van der Waals surface area contributed by atoms with Crippen LogP contribution in [0.3, 0.4) is 0 Å². The molecule has 0 spiro atoms. The Morgan fingerprint density at radius 1 is 1.19 bits per heavy atom. The van der Waals surface area contributed by atoms with Crippen molar-refractivity contribution in [2.24, 2.45) is 21.5 Å². The quantitative estimate of drug-likeness (QED) is 0.346. The van der Waals surface area contributed by atoms with E-state index in [1.807, 2.05) is 51.1 Å². The fourth-order valence-electron chi connectivity index (χ4n) is 1.45. The molecule has 0 saturated heterocycles. The third-order valence-electron chi connectivity index (χ3n) is 2.21. The maximum absolute atomic E-state index is 9.10. The van der Waals surface area contributed by atoms with Gasteiger partial charge >= 0.3 is 0 Å². The lowest BCUT2D eigenvalue weighted by molar-refractivity contribution is 0.320. The van der Waals surface area contributed by atoms with Gasteiger partial charge in [-0.25, -0.2) is 0 Å². The molecule has 0 aromatic heterocycles. The summed E-state index contributed by atoms with van der Waals surface area (Å²) in [5.74, 6) is 5.37. The number of hydrogen-bond donors (Lipinski definition) is 2. The molecule has 0 radical (unpaired) electrons. The predicted octanol–water partition coefficient (Wildman–Crippen LogP) is 2.23. The van der Waals surface area contributed by atoms with Crippen LogP contribution in [0.4, 0.5) is 0 Å². The number of hydrogen-bond acceptors (Lipinski definition) is 4. The Hall–Kier alpha value is -1.84. The van der Waals surface area contributed by atoms with Crippen molar-refractivity contribution >= 4 is 11.4 Å². The molecular formula is C12H17N3O. The molecule has 0 aliphatic carbocycles. The Bertz CT molecular complexity index is 402. The van der Waals surface area contributed by atoms with Gasteiger partial charge in [0.2, 0.25) is 0 Å². The zero-order chi connectivity index (χ0) is 12.2. The van der Waals surface area contributed by atoms with Gasteiger partial charge in [0, 0.05) is 11.0 Å². The molecule has 0 aliphatic rings. The van der Waals surface area contributed by atoms with Gasteiger partial charge in [-0.05, 0) is 0 Å². The summed E-state index contributed by atoms with van der Waals surface area (Å²) in [4.78, 5) is 0. The number of benzene rings is 1. The van der Waals surface area contributed by atoms with Crippen molar-refractivity contribution in [2.75, 3.05) is 0 Å². The van der Waals surface area contributed by atoms with Crippen molar-refractivity contribution in [3.8, 4) is 0 Å². The first kappa shape index (κ1) is 12.2. The summed E-state index contributed by atoms with van der Waals surface area (Å²) in [6.07, 6.45) is 0.